The summed E-state index contributed by atoms with van der Waals surface area (Å²) in [6.45, 7) is 3.39. The second kappa shape index (κ2) is 7.15. The highest BCUT2D eigenvalue weighted by Crippen LogP contribution is 2.23. The smallest absolute Gasteiger partial charge is 0.244 e. The lowest BCUT2D eigenvalue weighted by atomic mass is 9.93. The van der Waals surface area contributed by atoms with Gasteiger partial charge in [0.2, 0.25) is 5.91 Å². The summed E-state index contributed by atoms with van der Waals surface area (Å²) in [5.74, 6) is -0.00714. The molecule has 0 aliphatic carbocycles. The number of aryl methyl sites for hydroxylation is 1. The number of hydrogen-bond donors (Lipinski definition) is 1. The topological polar surface area (TPSA) is 67.6 Å². The molecule has 1 aliphatic rings. The number of rotatable bonds is 5. The van der Waals surface area contributed by atoms with E-state index in [1.54, 1.807) is 15.8 Å². The van der Waals surface area contributed by atoms with Gasteiger partial charge in [0.1, 0.15) is 12.1 Å². The van der Waals surface area contributed by atoms with Crippen LogP contribution in [0.5, 0.6) is 0 Å². The molecule has 2 aromatic rings. The Hall–Kier alpha value is -2.18. The van der Waals surface area contributed by atoms with E-state index >= 15 is 0 Å². The molecule has 0 spiro atoms. The van der Waals surface area contributed by atoms with Crippen molar-refractivity contribution in [2.45, 2.75) is 25.5 Å². The van der Waals surface area contributed by atoms with Crippen LogP contribution in [0.2, 0.25) is 0 Å². The Morgan fingerprint density at radius 1 is 1.38 bits per heavy atom. The molecule has 6 nitrogen and oxygen atoms in total. The van der Waals surface area contributed by atoms with Crippen molar-refractivity contribution in [3.63, 3.8) is 0 Å². The lowest BCUT2D eigenvalue weighted by Gasteiger charge is -2.42. The first-order valence-electron chi connectivity index (χ1n) is 8.16. The van der Waals surface area contributed by atoms with Gasteiger partial charge >= 0.3 is 0 Å². The van der Waals surface area contributed by atoms with Crippen LogP contribution in [-0.4, -0.2) is 57.6 Å². The Kier molecular flexibility index (Phi) is 4.97. The summed E-state index contributed by atoms with van der Waals surface area (Å²) < 4.78 is 7.53. The molecule has 0 radical (unpaired) electrons. The van der Waals surface area contributed by atoms with Crippen LogP contribution < -0.4 is 0 Å². The Bertz CT molecular complexity index is 686. The van der Waals surface area contributed by atoms with Gasteiger partial charge in [-0.3, -0.25) is 9.48 Å². The number of carbonyl (C=O) groups is 1. The van der Waals surface area contributed by atoms with Gasteiger partial charge in [-0.15, -0.1) is 0 Å². The molecule has 0 saturated carbocycles. The number of benzene rings is 1. The third-order valence-electron chi connectivity index (χ3n) is 4.32. The summed E-state index contributed by atoms with van der Waals surface area (Å²) in [4.78, 5) is 14.3. The molecule has 1 aliphatic heterocycles. The Morgan fingerprint density at radius 3 is 2.83 bits per heavy atom. The minimum absolute atomic E-state index is 0.00714. The maximum Gasteiger partial charge on any atom is 0.244 e. The Balaban J connectivity index is 1.68. The first kappa shape index (κ1) is 16.7. The van der Waals surface area contributed by atoms with Crippen LogP contribution in [0.1, 0.15) is 11.1 Å². The predicted molar refractivity (Wildman–Crippen MR) is 89.5 cm³/mol. The fourth-order valence-electron chi connectivity index (χ4n) is 3.08. The van der Waals surface area contributed by atoms with Crippen LogP contribution in [0, 0.1) is 6.92 Å². The molecule has 1 aromatic heterocycles. The first-order chi connectivity index (χ1) is 11.6. The van der Waals surface area contributed by atoms with E-state index in [0.717, 1.165) is 11.1 Å². The minimum atomic E-state index is -0.741. The lowest BCUT2D eigenvalue weighted by Crippen LogP contribution is -2.57. The third-order valence-corrected chi connectivity index (χ3v) is 4.32. The molecule has 128 valence electrons. The number of aliphatic hydroxyl groups excluding tert-OH is 1. The van der Waals surface area contributed by atoms with Crippen molar-refractivity contribution in [3.8, 4) is 0 Å². The normalized spacial score (nSPS) is 21.0. The highest BCUT2D eigenvalue weighted by atomic mass is 16.5. The van der Waals surface area contributed by atoms with Crippen molar-refractivity contribution in [3.05, 3.63) is 53.9 Å². The summed E-state index contributed by atoms with van der Waals surface area (Å²) in [7, 11) is 0. The molecule has 2 heterocycles. The molecule has 3 rings (SSSR count). The summed E-state index contributed by atoms with van der Waals surface area (Å²) in [5.41, 5.74) is 1.37. The number of aliphatic hydroxyl groups is 1. The molecule has 1 aromatic carbocycles. The molecule has 1 atom stereocenters. The number of aromatic nitrogens is 2. The Labute approximate surface area is 141 Å². The second-order valence-electron chi connectivity index (χ2n) is 6.38. The van der Waals surface area contributed by atoms with E-state index in [4.69, 9.17) is 4.74 Å². The molecule has 1 N–H and O–H groups in total. The standard InChI is InChI=1S/C18H23N3O3/c1-15-10-19-21(11-15)12-17(23)20-7-8-24-18(13-20,14-22)9-16-5-3-2-4-6-16/h2-6,10-11,22H,7-9,12-14H2,1H3. The highest BCUT2D eigenvalue weighted by Gasteiger charge is 2.38. The molecule has 1 amide bonds. The number of morpholine rings is 1. The van der Waals surface area contributed by atoms with Gasteiger partial charge in [-0.2, -0.15) is 5.10 Å². The maximum absolute atomic E-state index is 12.6. The van der Waals surface area contributed by atoms with E-state index in [0.29, 0.717) is 26.1 Å². The maximum atomic E-state index is 12.6. The summed E-state index contributed by atoms with van der Waals surface area (Å²) in [6, 6.07) is 9.90. The van der Waals surface area contributed by atoms with Gasteiger partial charge < -0.3 is 14.7 Å². The highest BCUT2D eigenvalue weighted by molar-refractivity contribution is 5.76. The average Bonchev–Trinajstić information content (AvgIpc) is 3.01. The van der Waals surface area contributed by atoms with Crippen LogP contribution in [0.25, 0.3) is 0 Å². The predicted octanol–water partition coefficient (Wildman–Crippen LogP) is 1.02. The summed E-state index contributed by atoms with van der Waals surface area (Å²) >= 11 is 0. The zero-order valence-electron chi connectivity index (χ0n) is 13.9. The lowest BCUT2D eigenvalue weighted by molar-refractivity contribution is -0.158. The van der Waals surface area contributed by atoms with Gasteiger partial charge in [-0.05, 0) is 18.1 Å². The molecule has 6 heteroatoms. The molecular weight excluding hydrogens is 306 g/mol. The van der Waals surface area contributed by atoms with E-state index in [1.807, 2.05) is 43.5 Å². The van der Waals surface area contributed by atoms with Crippen molar-refractivity contribution < 1.29 is 14.6 Å². The summed E-state index contributed by atoms with van der Waals surface area (Å²) in [5, 5.41) is 14.1. The fraction of sp³-hybridized carbons (Fsp3) is 0.444. The molecule has 1 fully saturated rings. The van der Waals surface area contributed by atoms with E-state index in [-0.39, 0.29) is 19.1 Å². The molecule has 1 saturated heterocycles. The van der Waals surface area contributed by atoms with Crippen LogP contribution in [0.3, 0.4) is 0 Å². The van der Waals surface area contributed by atoms with Gasteiger partial charge in [0.25, 0.3) is 0 Å². The van der Waals surface area contributed by atoms with Crippen molar-refractivity contribution in [1.29, 1.82) is 0 Å². The quantitative estimate of drug-likeness (QED) is 0.889. The summed E-state index contributed by atoms with van der Waals surface area (Å²) in [6.07, 6.45) is 4.16. The van der Waals surface area contributed by atoms with Crippen molar-refractivity contribution >= 4 is 5.91 Å². The average molecular weight is 329 g/mol. The monoisotopic (exact) mass is 329 g/mol. The molecular formula is C18H23N3O3. The minimum Gasteiger partial charge on any atom is -0.393 e. The van der Waals surface area contributed by atoms with Gasteiger partial charge in [-0.1, -0.05) is 30.3 Å². The fourth-order valence-corrected chi connectivity index (χ4v) is 3.08. The zero-order valence-corrected chi connectivity index (χ0v) is 13.9. The van der Waals surface area contributed by atoms with Gasteiger partial charge in [-0.25, -0.2) is 0 Å². The third kappa shape index (κ3) is 3.83. The van der Waals surface area contributed by atoms with Gasteiger partial charge in [0.05, 0.1) is 26.0 Å². The van der Waals surface area contributed by atoms with Crippen molar-refractivity contribution in [2.75, 3.05) is 26.3 Å². The molecule has 24 heavy (non-hydrogen) atoms. The number of nitrogens with zero attached hydrogens (tertiary/aromatic N) is 3. The van der Waals surface area contributed by atoms with Crippen molar-refractivity contribution in [2.24, 2.45) is 0 Å². The van der Waals surface area contributed by atoms with Crippen LogP contribution >= 0.6 is 0 Å². The van der Waals surface area contributed by atoms with Crippen LogP contribution in [0.4, 0.5) is 0 Å². The first-order valence-corrected chi connectivity index (χ1v) is 8.16. The van der Waals surface area contributed by atoms with E-state index in [9.17, 15) is 9.90 Å². The van der Waals surface area contributed by atoms with Gasteiger partial charge in [0.15, 0.2) is 0 Å². The molecule has 1 unspecified atom stereocenters. The van der Waals surface area contributed by atoms with E-state index in [2.05, 4.69) is 5.10 Å². The largest absolute Gasteiger partial charge is 0.393 e. The van der Waals surface area contributed by atoms with Gasteiger partial charge in [0, 0.05) is 19.2 Å². The second-order valence-corrected chi connectivity index (χ2v) is 6.38. The molecule has 0 bridgehead atoms. The van der Waals surface area contributed by atoms with E-state index in [1.165, 1.54) is 0 Å². The van der Waals surface area contributed by atoms with Crippen molar-refractivity contribution in [1.82, 2.24) is 14.7 Å². The Morgan fingerprint density at radius 2 is 2.17 bits per heavy atom. The number of hydrogen-bond acceptors (Lipinski definition) is 4. The number of carbonyl (C=O) groups excluding carboxylic acids is 1. The number of ether oxygens (including phenoxy) is 1. The van der Waals surface area contributed by atoms with E-state index < -0.39 is 5.60 Å². The SMILES string of the molecule is Cc1cnn(CC(=O)N2CCOC(CO)(Cc3ccccc3)C2)c1. The van der Waals surface area contributed by atoms with Crippen LogP contribution in [0.15, 0.2) is 42.7 Å². The zero-order chi connectivity index (χ0) is 17.0. The number of amides is 1. The van der Waals surface area contributed by atoms with Crippen LogP contribution in [-0.2, 0) is 22.5 Å².